The second-order valence-electron chi connectivity index (χ2n) is 4.92. The molecule has 1 fully saturated rings. The van der Waals surface area contributed by atoms with Crippen LogP contribution in [0, 0.1) is 5.92 Å². The molecule has 0 spiro atoms. The zero-order chi connectivity index (χ0) is 13.0. The van der Waals surface area contributed by atoms with Crippen molar-refractivity contribution in [3.8, 4) is 0 Å². The highest BCUT2D eigenvalue weighted by Crippen LogP contribution is 2.30. The van der Waals surface area contributed by atoms with E-state index in [0.717, 1.165) is 31.1 Å². The summed E-state index contributed by atoms with van der Waals surface area (Å²) >= 11 is 0. The fourth-order valence-corrected chi connectivity index (χ4v) is 2.18. The van der Waals surface area contributed by atoms with Gasteiger partial charge in [-0.25, -0.2) is 4.79 Å². The van der Waals surface area contributed by atoms with Crippen LogP contribution in [0.3, 0.4) is 0 Å². The minimum atomic E-state index is -0.243. The Hall–Kier alpha value is -1.35. The van der Waals surface area contributed by atoms with E-state index in [9.17, 15) is 4.79 Å². The Morgan fingerprint density at radius 2 is 2.11 bits per heavy atom. The molecule has 1 saturated carbocycles. The van der Waals surface area contributed by atoms with Crippen LogP contribution in [-0.2, 0) is 11.3 Å². The number of esters is 1. The lowest BCUT2D eigenvalue weighted by molar-refractivity contribution is 0.0598. The van der Waals surface area contributed by atoms with Gasteiger partial charge in [0.25, 0.3) is 0 Å². The second kappa shape index (κ2) is 6.01. The summed E-state index contributed by atoms with van der Waals surface area (Å²) in [4.78, 5) is 14.1. The largest absolute Gasteiger partial charge is 0.465 e. The molecule has 0 heterocycles. The van der Waals surface area contributed by atoms with Gasteiger partial charge in [0.05, 0.1) is 12.7 Å². The van der Waals surface area contributed by atoms with Crippen LogP contribution in [0.4, 0.5) is 0 Å². The van der Waals surface area contributed by atoms with Crippen molar-refractivity contribution in [1.29, 1.82) is 0 Å². The van der Waals surface area contributed by atoms with Gasteiger partial charge in [-0.2, -0.15) is 0 Å². The number of methoxy groups -OCH3 is 1. The predicted molar refractivity (Wildman–Crippen MR) is 71.5 cm³/mol. The van der Waals surface area contributed by atoms with E-state index in [1.807, 2.05) is 24.3 Å². The van der Waals surface area contributed by atoms with Crippen LogP contribution in [0.1, 0.15) is 35.7 Å². The van der Waals surface area contributed by atoms with Crippen LogP contribution in [0.25, 0.3) is 0 Å². The van der Waals surface area contributed by atoms with Gasteiger partial charge >= 0.3 is 5.97 Å². The van der Waals surface area contributed by atoms with Gasteiger partial charge in [0.15, 0.2) is 0 Å². The molecule has 0 aromatic heterocycles. The minimum Gasteiger partial charge on any atom is -0.465 e. The van der Waals surface area contributed by atoms with Crippen molar-refractivity contribution in [1.82, 2.24) is 4.90 Å². The number of nitrogens with zero attached hydrogens (tertiary/aromatic N) is 1. The van der Waals surface area contributed by atoms with Crippen LogP contribution in [0.15, 0.2) is 24.3 Å². The van der Waals surface area contributed by atoms with Crippen molar-refractivity contribution in [2.75, 3.05) is 20.2 Å². The Morgan fingerprint density at radius 1 is 1.39 bits per heavy atom. The van der Waals surface area contributed by atoms with E-state index in [1.165, 1.54) is 20.0 Å². The summed E-state index contributed by atoms with van der Waals surface area (Å²) in [6.45, 7) is 5.17. The first-order valence-electron chi connectivity index (χ1n) is 6.63. The highest BCUT2D eigenvalue weighted by molar-refractivity contribution is 5.90. The summed E-state index contributed by atoms with van der Waals surface area (Å²) < 4.78 is 4.83. The Kier molecular flexibility index (Phi) is 4.37. The van der Waals surface area contributed by atoms with Crippen molar-refractivity contribution in [3.05, 3.63) is 35.4 Å². The van der Waals surface area contributed by atoms with Gasteiger partial charge in [-0.05, 0) is 36.9 Å². The summed E-state index contributed by atoms with van der Waals surface area (Å²) in [5, 5.41) is 0. The predicted octanol–water partition coefficient (Wildman–Crippen LogP) is 2.71. The first-order valence-corrected chi connectivity index (χ1v) is 6.63. The third kappa shape index (κ3) is 3.33. The molecule has 2 rings (SSSR count). The lowest BCUT2D eigenvalue weighted by Gasteiger charge is -2.21. The standard InChI is InChI=1S/C15H21NO2/c1-3-16(10-12-8-9-12)11-13-6-4-5-7-14(13)15(17)18-2/h4-7,12H,3,8-11H2,1-2H3. The topological polar surface area (TPSA) is 29.5 Å². The number of hydrogen-bond acceptors (Lipinski definition) is 3. The number of carbonyl (C=O) groups excluding carboxylic acids is 1. The number of ether oxygens (including phenoxy) is 1. The molecule has 0 radical (unpaired) electrons. The van der Waals surface area contributed by atoms with Crippen LogP contribution >= 0.6 is 0 Å². The number of hydrogen-bond donors (Lipinski definition) is 0. The van der Waals surface area contributed by atoms with Crippen molar-refractivity contribution < 1.29 is 9.53 Å². The summed E-state index contributed by atoms with van der Waals surface area (Å²) in [6, 6.07) is 7.72. The monoisotopic (exact) mass is 247 g/mol. The molecule has 1 aromatic rings. The Bertz CT molecular complexity index is 413. The van der Waals surface area contributed by atoms with E-state index < -0.39 is 0 Å². The fraction of sp³-hybridized carbons (Fsp3) is 0.533. The molecule has 0 bridgehead atoms. The molecule has 3 heteroatoms. The van der Waals surface area contributed by atoms with E-state index in [0.29, 0.717) is 5.56 Å². The van der Waals surface area contributed by atoms with Gasteiger partial charge in [-0.15, -0.1) is 0 Å². The summed E-state index contributed by atoms with van der Waals surface area (Å²) in [5.41, 5.74) is 1.75. The number of benzene rings is 1. The van der Waals surface area contributed by atoms with Crippen molar-refractivity contribution >= 4 is 5.97 Å². The molecule has 0 aliphatic heterocycles. The first kappa shape index (κ1) is 13.1. The highest BCUT2D eigenvalue weighted by atomic mass is 16.5. The molecule has 18 heavy (non-hydrogen) atoms. The molecular formula is C15H21NO2. The quantitative estimate of drug-likeness (QED) is 0.724. The van der Waals surface area contributed by atoms with Crippen LogP contribution in [0.2, 0.25) is 0 Å². The van der Waals surface area contributed by atoms with Crippen molar-refractivity contribution in [3.63, 3.8) is 0 Å². The summed E-state index contributed by atoms with van der Waals surface area (Å²) in [7, 11) is 1.43. The minimum absolute atomic E-state index is 0.243. The lowest BCUT2D eigenvalue weighted by Crippen LogP contribution is -2.26. The lowest BCUT2D eigenvalue weighted by atomic mass is 10.1. The maximum Gasteiger partial charge on any atom is 0.338 e. The third-order valence-electron chi connectivity index (χ3n) is 3.48. The van der Waals surface area contributed by atoms with Crippen molar-refractivity contribution in [2.45, 2.75) is 26.3 Å². The van der Waals surface area contributed by atoms with Crippen LogP contribution in [-0.4, -0.2) is 31.1 Å². The molecule has 0 unspecified atom stereocenters. The van der Waals surface area contributed by atoms with Gasteiger partial charge in [0.2, 0.25) is 0 Å². The smallest absolute Gasteiger partial charge is 0.338 e. The zero-order valence-electron chi connectivity index (χ0n) is 11.2. The van der Waals surface area contributed by atoms with E-state index in [-0.39, 0.29) is 5.97 Å². The maximum atomic E-state index is 11.7. The number of rotatable bonds is 6. The molecular weight excluding hydrogens is 226 g/mol. The SMILES string of the molecule is CCN(Cc1ccccc1C(=O)OC)CC1CC1. The van der Waals surface area contributed by atoms with Crippen molar-refractivity contribution in [2.24, 2.45) is 5.92 Å². The Balaban J connectivity index is 2.08. The molecule has 1 aliphatic carbocycles. The van der Waals surface area contributed by atoms with Gasteiger partial charge in [-0.1, -0.05) is 25.1 Å². The molecule has 1 aromatic carbocycles. The zero-order valence-corrected chi connectivity index (χ0v) is 11.2. The number of carbonyl (C=O) groups is 1. The molecule has 0 amide bonds. The summed E-state index contributed by atoms with van der Waals surface area (Å²) in [6.07, 6.45) is 2.71. The Labute approximate surface area is 109 Å². The van der Waals surface area contributed by atoms with E-state index in [4.69, 9.17) is 4.74 Å². The second-order valence-corrected chi connectivity index (χ2v) is 4.92. The first-order chi connectivity index (χ1) is 8.74. The highest BCUT2D eigenvalue weighted by Gasteiger charge is 2.24. The van der Waals surface area contributed by atoms with E-state index >= 15 is 0 Å². The maximum absolute atomic E-state index is 11.7. The fourth-order valence-electron chi connectivity index (χ4n) is 2.18. The van der Waals surface area contributed by atoms with Gasteiger partial charge in [0, 0.05) is 13.1 Å². The molecule has 0 saturated heterocycles. The average molecular weight is 247 g/mol. The Morgan fingerprint density at radius 3 is 2.72 bits per heavy atom. The normalized spacial score (nSPS) is 14.8. The van der Waals surface area contributed by atoms with Gasteiger partial charge in [-0.3, -0.25) is 4.90 Å². The molecule has 98 valence electrons. The van der Waals surface area contributed by atoms with Crippen LogP contribution in [0.5, 0.6) is 0 Å². The van der Waals surface area contributed by atoms with Gasteiger partial charge in [0.1, 0.15) is 0 Å². The van der Waals surface area contributed by atoms with Gasteiger partial charge < -0.3 is 4.74 Å². The van der Waals surface area contributed by atoms with Crippen LogP contribution < -0.4 is 0 Å². The van der Waals surface area contributed by atoms with E-state index in [1.54, 1.807) is 0 Å². The average Bonchev–Trinajstić information content (AvgIpc) is 3.21. The molecule has 3 nitrogen and oxygen atoms in total. The molecule has 1 aliphatic rings. The summed E-state index contributed by atoms with van der Waals surface area (Å²) in [5.74, 6) is 0.628. The molecule has 0 N–H and O–H groups in total. The van der Waals surface area contributed by atoms with E-state index in [2.05, 4.69) is 11.8 Å². The third-order valence-corrected chi connectivity index (χ3v) is 3.48. The molecule has 0 atom stereocenters.